The Morgan fingerprint density at radius 2 is 2.00 bits per heavy atom. The second kappa shape index (κ2) is 4.45. The maximum atomic E-state index is 11.8. The van der Waals surface area contributed by atoms with Crippen molar-refractivity contribution in [3.63, 3.8) is 0 Å². The largest absolute Gasteiger partial charge is 0.352 e. The van der Waals surface area contributed by atoms with E-state index >= 15 is 0 Å². The van der Waals surface area contributed by atoms with Crippen molar-refractivity contribution in [2.75, 3.05) is 0 Å². The van der Waals surface area contributed by atoms with Gasteiger partial charge in [-0.1, -0.05) is 13.3 Å². The van der Waals surface area contributed by atoms with Crippen molar-refractivity contribution in [1.82, 2.24) is 5.32 Å². The summed E-state index contributed by atoms with van der Waals surface area (Å²) in [4.78, 5) is 11.8. The Labute approximate surface area is 97.2 Å². The van der Waals surface area contributed by atoms with Crippen molar-refractivity contribution in [3.8, 4) is 6.07 Å². The minimum absolute atomic E-state index is 0.0186. The number of carbonyl (C=O) groups excluding carboxylic acids is 1. The molecule has 2 rings (SSSR count). The van der Waals surface area contributed by atoms with Gasteiger partial charge < -0.3 is 5.32 Å². The molecule has 3 heteroatoms. The van der Waals surface area contributed by atoms with Crippen LogP contribution in [0, 0.1) is 22.7 Å². The summed E-state index contributed by atoms with van der Waals surface area (Å²) >= 11 is 0. The van der Waals surface area contributed by atoms with Crippen LogP contribution in [0.15, 0.2) is 0 Å². The van der Waals surface area contributed by atoms with Crippen LogP contribution in [0.5, 0.6) is 0 Å². The van der Waals surface area contributed by atoms with Crippen LogP contribution in [0.25, 0.3) is 0 Å². The summed E-state index contributed by atoms with van der Waals surface area (Å²) < 4.78 is 0. The van der Waals surface area contributed by atoms with Crippen LogP contribution < -0.4 is 5.32 Å². The average molecular weight is 220 g/mol. The van der Waals surface area contributed by atoms with E-state index in [0.29, 0.717) is 6.04 Å². The molecule has 2 fully saturated rings. The molecule has 1 amide bonds. The molecule has 3 nitrogen and oxygen atoms in total. The topological polar surface area (TPSA) is 52.9 Å². The van der Waals surface area contributed by atoms with Crippen molar-refractivity contribution in [3.05, 3.63) is 0 Å². The molecule has 88 valence electrons. The minimum atomic E-state index is -0.651. The zero-order chi connectivity index (χ0) is 11.6. The van der Waals surface area contributed by atoms with Crippen molar-refractivity contribution >= 4 is 5.91 Å². The van der Waals surface area contributed by atoms with Crippen LogP contribution in [0.3, 0.4) is 0 Å². The van der Waals surface area contributed by atoms with E-state index in [-0.39, 0.29) is 5.91 Å². The monoisotopic (exact) mass is 220 g/mol. The summed E-state index contributed by atoms with van der Waals surface area (Å²) in [5.74, 6) is 0.828. The first-order valence-electron chi connectivity index (χ1n) is 6.42. The Hall–Kier alpha value is -1.04. The van der Waals surface area contributed by atoms with Gasteiger partial charge in [-0.3, -0.25) is 4.79 Å². The molecule has 0 aromatic heterocycles. The highest BCUT2D eigenvalue weighted by atomic mass is 16.2. The lowest BCUT2D eigenvalue weighted by atomic mass is 9.84. The molecule has 1 N–H and O–H groups in total. The lowest BCUT2D eigenvalue weighted by Gasteiger charge is -2.28. The Balaban J connectivity index is 1.79. The summed E-state index contributed by atoms with van der Waals surface area (Å²) in [6.07, 6.45) is 7.38. The highest BCUT2D eigenvalue weighted by molar-refractivity contribution is 5.88. The Morgan fingerprint density at radius 3 is 2.44 bits per heavy atom. The van der Waals surface area contributed by atoms with Crippen LogP contribution in [-0.4, -0.2) is 11.9 Å². The van der Waals surface area contributed by atoms with Gasteiger partial charge in [-0.05, 0) is 44.4 Å². The van der Waals surface area contributed by atoms with E-state index in [1.54, 1.807) is 0 Å². The molecule has 2 saturated carbocycles. The standard InChI is InChI=1S/C13H20N2O/c1-2-10-3-5-11(6-4-10)15-12(16)13(9-14)7-8-13/h10-11H,2-8H2,1H3,(H,15,16). The van der Waals surface area contributed by atoms with Gasteiger partial charge in [-0.2, -0.15) is 5.26 Å². The smallest absolute Gasteiger partial charge is 0.240 e. The molecule has 0 heterocycles. The maximum Gasteiger partial charge on any atom is 0.240 e. The predicted octanol–water partition coefficient (Wildman–Crippen LogP) is 2.38. The highest BCUT2D eigenvalue weighted by Gasteiger charge is 2.51. The van der Waals surface area contributed by atoms with E-state index < -0.39 is 5.41 Å². The Morgan fingerprint density at radius 1 is 1.38 bits per heavy atom. The third-order valence-corrected chi connectivity index (χ3v) is 4.16. The number of nitriles is 1. The quantitative estimate of drug-likeness (QED) is 0.794. The molecule has 2 aliphatic carbocycles. The van der Waals surface area contributed by atoms with Crippen LogP contribution in [0.4, 0.5) is 0 Å². The van der Waals surface area contributed by atoms with Crippen LogP contribution in [0.1, 0.15) is 51.9 Å². The molecule has 0 bridgehead atoms. The van der Waals surface area contributed by atoms with E-state index in [1.165, 1.54) is 19.3 Å². The Kier molecular flexibility index (Phi) is 3.18. The van der Waals surface area contributed by atoms with Crippen molar-refractivity contribution < 1.29 is 4.79 Å². The van der Waals surface area contributed by atoms with Gasteiger partial charge in [-0.15, -0.1) is 0 Å². The Bertz CT molecular complexity index is 306. The van der Waals surface area contributed by atoms with Crippen LogP contribution in [0.2, 0.25) is 0 Å². The summed E-state index contributed by atoms with van der Waals surface area (Å²) in [7, 11) is 0. The summed E-state index contributed by atoms with van der Waals surface area (Å²) in [6, 6.07) is 2.47. The number of nitrogens with one attached hydrogen (secondary N) is 1. The average Bonchev–Trinajstić information content (AvgIpc) is 3.11. The van der Waals surface area contributed by atoms with E-state index in [0.717, 1.165) is 31.6 Å². The molecule has 0 saturated heterocycles. The fourth-order valence-corrected chi connectivity index (χ4v) is 2.55. The molecule has 0 spiro atoms. The lowest BCUT2D eigenvalue weighted by Crippen LogP contribution is -2.41. The summed E-state index contributed by atoms with van der Waals surface area (Å²) in [5.41, 5.74) is -0.651. The van der Waals surface area contributed by atoms with Gasteiger partial charge in [0.1, 0.15) is 5.41 Å². The first-order valence-corrected chi connectivity index (χ1v) is 6.42. The zero-order valence-corrected chi connectivity index (χ0v) is 9.96. The van der Waals surface area contributed by atoms with Gasteiger partial charge in [0.15, 0.2) is 0 Å². The number of hydrogen-bond acceptors (Lipinski definition) is 2. The number of rotatable bonds is 3. The van der Waals surface area contributed by atoms with Gasteiger partial charge >= 0.3 is 0 Å². The van der Waals surface area contributed by atoms with E-state index in [9.17, 15) is 4.79 Å². The third-order valence-electron chi connectivity index (χ3n) is 4.16. The fourth-order valence-electron chi connectivity index (χ4n) is 2.55. The molecule has 0 aromatic rings. The van der Waals surface area contributed by atoms with Crippen molar-refractivity contribution in [2.45, 2.75) is 57.9 Å². The molecule has 0 atom stereocenters. The fraction of sp³-hybridized carbons (Fsp3) is 0.846. The van der Waals surface area contributed by atoms with Crippen LogP contribution in [-0.2, 0) is 4.79 Å². The zero-order valence-electron chi connectivity index (χ0n) is 9.96. The lowest BCUT2D eigenvalue weighted by molar-refractivity contribution is -0.125. The van der Waals surface area contributed by atoms with Gasteiger partial charge in [0.25, 0.3) is 0 Å². The molecule has 0 radical (unpaired) electrons. The third kappa shape index (κ3) is 2.21. The molecule has 0 aliphatic heterocycles. The van der Waals surface area contributed by atoms with Crippen LogP contribution >= 0.6 is 0 Å². The van der Waals surface area contributed by atoms with Gasteiger partial charge in [0.05, 0.1) is 6.07 Å². The van der Waals surface area contributed by atoms with Gasteiger partial charge in [-0.25, -0.2) is 0 Å². The van der Waals surface area contributed by atoms with Crippen molar-refractivity contribution in [1.29, 1.82) is 5.26 Å². The maximum absolute atomic E-state index is 11.8. The number of carbonyl (C=O) groups is 1. The SMILES string of the molecule is CCC1CCC(NC(=O)C2(C#N)CC2)CC1. The first-order chi connectivity index (χ1) is 7.70. The van der Waals surface area contributed by atoms with E-state index in [1.807, 2.05) is 0 Å². The second-order valence-electron chi connectivity index (χ2n) is 5.29. The molecular formula is C13H20N2O. The molecule has 2 aliphatic rings. The van der Waals surface area contributed by atoms with Gasteiger partial charge in [0.2, 0.25) is 5.91 Å². The van der Waals surface area contributed by atoms with Crippen molar-refractivity contribution in [2.24, 2.45) is 11.3 Å². The van der Waals surface area contributed by atoms with Gasteiger partial charge in [0, 0.05) is 6.04 Å². The summed E-state index contributed by atoms with van der Waals surface area (Å²) in [6.45, 7) is 2.23. The number of nitrogens with zero attached hydrogens (tertiary/aromatic N) is 1. The minimum Gasteiger partial charge on any atom is -0.352 e. The molecule has 16 heavy (non-hydrogen) atoms. The first kappa shape index (κ1) is 11.4. The highest BCUT2D eigenvalue weighted by Crippen LogP contribution is 2.45. The number of hydrogen-bond donors (Lipinski definition) is 1. The molecule has 0 unspecified atom stereocenters. The predicted molar refractivity (Wildman–Crippen MR) is 61.5 cm³/mol. The normalized spacial score (nSPS) is 31.5. The molecular weight excluding hydrogens is 200 g/mol. The summed E-state index contributed by atoms with van der Waals surface area (Å²) in [5, 5.41) is 12.0. The number of amides is 1. The van der Waals surface area contributed by atoms with E-state index in [4.69, 9.17) is 5.26 Å². The second-order valence-corrected chi connectivity index (χ2v) is 5.29. The molecule has 0 aromatic carbocycles. The van der Waals surface area contributed by atoms with E-state index in [2.05, 4.69) is 18.3 Å².